The van der Waals surface area contributed by atoms with Gasteiger partial charge in [0.25, 0.3) is 5.91 Å². The number of esters is 1. The molecule has 1 saturated carbocycles. The van der Waals surface area contributed by atoms with Crippen molar-refractivity contribution in [2.45, 2.75) is 63.4 Å². The summed E-state index contributed by atoms with van der Waals surface area (Å²) >= 11 is 0. The molecule has 2 amide bonds. The van der Waals surface area contributed by atoms with E-state index in [1.54, 1.807) is 23.2 Å². The third-order valence-corrected chi connectivity index (χ3v) is 8.05. The molecule has 1 aromatic heterocycles. The fourth-order valence-electron chi connectivity index (χ4n) is 6.44. The van der Waals surface area contributed by atoms with E-state index < -0.39 is 35.6 Å². The summed E-state index contributed by atoms with van der Waals surface area (Å²) in [6, 6.07) is 9.50. The number of benzene rings is 1. The number of rotatable bonds is 6. The van der Waals surface area contributed by atoms with Gasteiger partial charge in [-0.1, -0.05) is 37.1 Å². The third kappa shape index (κ3) is 4.13. The van der Waals surface area contributed by atoms with Crippen LogP contribution in [0.15, 0.2) is 54.9 Å². The number of aromatic nitrogens is 1. The summed E-state index contributed by atoms with van der Waals surface area (Å²) in [4.78, 5) is 46.5. The minimum atomic E-state index is -1.15. The van der Waals surface area contributed by atoms with Crippen molar-refractivity contribution in [3.63, 3.8) is 0 Å². The molecular formula is C29H31N3O5. The number of carbonyl (C=O) groups excluding carboxylic acids is 3. The van der Waals surface area contributed by atoms with Gasteiger partial charge in [0.2, 0.25) is 12.0 Å². The molecular weight excluding hydrogens is 470 g/mol. The Morgan fingerprint density at radius 3 is 2.65 bits per heavy atom. The second kappa shape index (κ2) is 9.10. The van der Waals surface area contributed by atoms with Crippen LogP contribution in [0.25, 0.3) is 0 Å². The zero-order chi connectivity index (χ0) is 25.7. The van der Waals surface area contributed by atoms with Crippen LogP contribution < -0.4 is 10.2 Å². The molecule has 6 rings (SSSR count). The summed E-state index contributed by atoms with van der Waals surface area (Å²) in [7, 11) is 0. The van der Waals surface area contributed by atoms with Crippen molar-refractivity contribution in [2.24, 2.45) is 11.8 Å². The first-order valence-corrected chi connectivity index (χ1v) is 13.0. The van der Waals surface area contributed by atoms with Gasteiger partial charge in [0.1, 0.15) is 11.5 Å². The van der Waals surface area contributed by atoms with Gasteiger partial charge in [-0.15, -0.1) is 0 Å². The Balaban J connectivity index is 1.26. The Bertz CT molecular complexity index is 1250. The van der Waals surface area contributed by atoms with E-state index in [0.29, 0.717) is 12.1 Å². The Morgan fingerprint density at radius 1 is 1.19 bits per heavy atom. The summed E-state index contributed by atoms with van der Waals surface area (Å²) < 4.78 is 12.2. The molecule has 4 aliphatic rings. The van der Waals surface area contributed by atoms with Crippen LogP contribution in [-0.4, -0.2) is 47.1 Å². The first-order chi connectivity index (χ1) is 17.8. The zero-order valence-corrected chi connectivity index (χ0v) is 21.1. The number of ether oxygens (including phenoxy) is 2. The highest BCUT2D eigenvalue weighted by Gasteiger charge is 2.67. The highest BCUT2D eigenvalue weighted by atomic mass is 16.6. The maximum Gasteiger partial charge on any atom is 0.314 e. The number of nitrogens with zero attached hydrogens (tertiary/aromatic N) is 2. The van der Waals surface area contributed by atoms with Crippen LogP contribution in [0.4, 0.5) is 5.69 Å². The zero-order valence-electron chi connectivity index (χ0n) is 21.1. The molecule has 3 aliphatic heterocycles. The first kappa shape index (κ1) is 23.9. The largest absolute Gasteiger partial charge is 0.447 e. The van der Waals surface area contributed by atoms with Crippen molar-refractivity contribution in [1.29, 1.82) is 0 Å². The lowest BCUT2D eigenvalue weighted by atomic mass is 9.77. The van der Waals surface area contributed by atoms with Gasteiger partial charge in [0, 0.05) is 29.7 Å². The summed E-state index contributed by atoms with van der Waals surface area (Å²) in [6.45, 7) is 4.32. The van der Waals surface area contributed by atoms with Gasteiger partial charge < -0.3 is 19.7 Å². The highest BCUT2D eigenvalue weighted by molar-refractivity contribution is 6.03. The van der Waals surface area contributed by atoms with E-state index in [2.05, 4.69) is 16.4 Å². The molecule has 1 aliphatic carbocycles. The van der Waals surface area contributed by atoms with Crippen LogP contribution in [0.2, 0.25) is 0 Å². The average molecular weight is 502 g/mol. The van der Waals surface area contributed by atoms with Gasteiger partial charge >= 0.3 is 5.97 Å². The second-order valence-corrected chi connectivity index (χ2v) is 10.8. The van der Waals surface area contributed by atoms with E-state index in [1.165, 1.54) is 6.20 Å². The van der Waals surface area contributed by atoms with E-state index in [4.69, 9.17) is 9.47 Å². The lowest BCUT2D eigenvalue weighted by Gasteiger charge is -2.26. The molecule has 3 fully saturated rings. The van der Waals surface area contributed by atoms with Crippen LogP contribution in [0.3, 0.4) is 0 Å². The molecule has 8 nitrogen and oxygen atoms in total. The Labute approximate surface area is 216 Å². The van der Waals surface area contributed by atoms with Crippen molar-refractivity contribution >= 4 is 23.5 Å². The second-order valence-electron chi connectivity index (χ2n) is 10.8. The summed E-state index contributed by atoms with van der Waals surface area (Å²) in [5, 5.41) is 3.04. The lowest BCUT2D eigenvalue weighted by Crippen LogP contribution is -2.43. The van der Waals surface area contributed by atoms with Crippen molar-refractivity contribution in [1.82, 2.24) is 10.3 Å². The number of hydrogen-bond acceptors (Lipinski definition) is 6. The van der Waals surface area contributed by atoms with Crippen molar-refractivity contribution < 1.29 is 23.9 Å². The molecule has 2 bridgehead atoms. The number of nitrogens with one attached hydrogen (secondary N) is 1. The Hall–Kier alpha value is -3.52. The Kier molecular flexibility index (Phi) is 5.87. The summed E-state index contributed by atoms with van der Waals surface area (Å²) in [5.74, 6) is -2.66. The lowest BCUT2D eigenvalue weighted by molar-refractivity contribution is -0.163. The summed E-state index contributed by atoms with van der Waals surface area (Å²) in [6.07, 6.45) is 9.16. The van der Waals surface area contributed by atoms with E-state index in [9.17, 15) is 14.4 Å². The fourth-order valence-corrected chi connectivity index (χ4v) is 6.44. The minimum absolute atomic E-state index is 0.0742. The number of anilines is 1. The fraction of sp³-hybridized carbons (Fsp3) is 0.448. The van der Waals surface area contributed by atoms with Crippen LogP contribution >= 0.6 is 0 Å². The third-order valence-electron chi connectivity index (χ3n) is 8.05. The Morgan fingerprint density at radius 2 is 1.95 bits per heavy atom. The van der Waals surface area contributed by atoms with Crippen LogP contribution in [0.1, 0.15) is 48.5 Å². The van der Waals surface area contributed by atoms with E-state index in [-0.39, 0.29) is 17.9 Å². The van der Waals surface area contributed by atoms with Crippen LogP contribution in [-0.2, 0) is 23.9 Å². The van der Waals surface area contributed by atoms with Gasteiger partial charge in [-0.2, -0.15) is 0 Å². The number of hydrogen-bond donors (Lipinski definition) is 1. The van der Waals surface area contributed by atoms with E-state index in [0.717, 1.165) is 42.5 Å². The van der Waals surface area contributed by atoms with Gasteiger partial charge in [0.05, 0.1) is 18.6 Å². The quantitative estimate of drug-likeness (QED) is 0.482. The molecule has 2 saturated heterocycles. The van der Waals surface area contributed by atoms with Crippen LogP contribution in [0, 0.1) is 25.7 Å². The maximum atomic E-state index is 13.7. The number of aryl methyl sites for hydroxylation is 2. The monoisotopic (exact) mass is 501 g/mol. The van der Waals surface area contributed by atoms with Gasteiger partial charge in [-0.25, -0.2) is 0 Å². The minimum Gasteiger partial charge on any atom is -0.447 e. The molecule has 5 atom stereocenters. The molecule has 1 N–H and O–H groups in total. The molecule has 0 radical (unpaired) electrons. The predicted octanol–water partition coefficient (Wildman–Crippen LogP) is 3.33. The van der Waals surface area contributed by atoms with Crippen LogP contribution in [0.5, 0.6) is 0 Å². The number of amides is 2. The maximum absolute atomic E-state index is 13.7. The molecule has 0 unspecified atom stereocenters. The molecule has 1 aromatic carbocycles. The normalized spacial score (nSPS) is 29.0. The molecule has 2 aromatic rings. The summed E-state index contributed by atoms with van der Waals surface area (Å²) in [5.41, 5.74) is 2.53. The molecule has 37 heavy (non-hydrogen) atoms. The smallest absolute Gasteiger partial charge is 0.314 e. The standard InChI is InChI=1S/C29H31N3O5/c1-17-12-18(2)14-21(13-17)32-16-29-10-9-22(37-29)23(24(29)27(32)34)28(35)36-25(19-6-5-11-30-15-19)26(33)31-20-7-3-4-8-20/h5-6,9-15,20,22-25H,3-4,7-8,16H2,1-2H3,(H,31,33)/t22-,23+,24-,25+,29-/m1/s1. The number of pyridine rings is 1. The number of fused-ring (bicyclic) bond motifs is 1. The van der Waals surface area contributed by atoms with E-state index >= 15 is 0 Å². The highest BCUT2D eigenvalue weighted by Crippen LogP contribution is 2.53. The van der Waals surface area contributed by atoms with Gasteiger partial charge in [0.15, 0.2) is 0 Å². The molecule has 4 heterocycles. The first-order valence-electron chi connectivity index (χ1n) is 13.0. The molecule has 1 spiro atoms. The van der Waals surface area contributed by atoms with Crippen molar-refractivity contribution in [2.75, 3.05) is 11.4 Å². The molecule has 8 heteroatoms. The van der Waals surface area contributed by atoms with E-state index in [1.807, 2.05) is 38.1 Å². The number of carbonyl (C=O) groups is 3. The average Bonchev–Trinajstić information content (AvgIpc) is 3.65. The van der Waals surface area contributed by atoms with Crippen molar-refractivity contribution in [3.05, 3.63) is 71.6 Å². The topological polar surface area (TPSA) is 97.8 Å². The SMILES string of the molecule is Cc1cc(C)cc(N2C[C@@]34C=C[C@@H](O3)[C@H](C(=O)O[C@H](C(=O)NC3CCCC3)c3cccnc3)[C@@H]4C2=O)c1. The van der Waals surface area contributed by atoms with Gasteiger partial charge in [-0.05, 0) is 56.0 Å². The van der Waals surface area contributed by atoms with Crippen molar-refractivity contribution in [3.8, 4) is 0 Å². The van der Waals surface area contributed by atoms with Gasteiger partial charge in [-0.3, -0.25) is 19.4 Å². The predicted molar refractivity (Wildman–Crippen MR) is 135 cm³/mol. The molecule has 192 valence electrons.